The van der Waals surface area contributed by atoms with Gasteiger partial charge >= 0.3 is 0 Å². The van der Waals surface area contributed by atoms with E-state index in [0.717, 1.165) is 11.3 Å². The van der Waals surface area contributed by atoms with Crippen molar-refractivity contribution in [2.45, 2.75) is 39.2 Å². The Kier molecular flexibility index (Phi) is 6.92. The number of para-hydroxylation sites is 2. The van der Waals surface area contributed by atoms with E-state index < -0.39 is 6.10 Å². The molecule has 0 bridgehead atoms. The third-order valence-corrected chi connectivity index (χ3v) is 4.18. The van der Waals surface area contributed by atoms with E-state index in [0.29, 0.717) is 23.9 Å². The molecule has 26 heavy (non-hydrogen) atoms. The fourth-order valence-corrected chi connectivity index (χ4v) is 2.66. The number of nitrogens with one attached hydrogen (secondary N) is 1. The van der Waals surface area contributed by atoms with Gasteiger partial charge in [-0.2, -0.15) is 0 Å². The average Bonchev–Trinajstić information content (AvgIpc) is 2.60. The van der Waals surface area contributed by atoms with Crippen molar-refractivity contribution in [1.82, 2.24) is 5.32 Å². The van der Waals surface area contributed by atoms with Crippen molar-refractivity contribution in [3.05, 3.63) is 59.1 Å². The monoisotopic (exact) mass is 375 g/mol. The summed E-state index contributed by atoms with van der Waals surface area (Å²) in [6, 6.07) is 15.0. The molecule has 2 rings (SSSR count). The van der Waals surface area contributed by atoms with Crippen molar-refractivity contribution in [1.29, 1.82) is 0 Å². The minimum absolute atomic E-state index is 0.00283. The summed E-state index contributed by atoms with van der Waals surface area (Å²) >= 11 is 6.04. The van der Waals surface area contributed by atoms with Crippen LogP contribution >= 0.6 is 11.6 Å². The Hall–Kier alpha value is -2.20. The number of rotatable bonds is 7. The smallest absolute Gasteiger partial charge is 0.260 e. The van der Waals surface area contributed by atoms with Gasteiger partial charge in [0.25, 0.3) is 5.91 Å². The second-order valence-electron chi connectivity index (χ2n) is 7.08. The van der Waals surface area contributed by atoms with Crippen LogP contribution in [0.2, 0.25) is 5.02 Å². The normalized spacial score (nSPS) is 12.3. The molecule has 2 aromatic carbocycles. The van der Waals surface area contributed by atoms with E-state index in [1.165, 1.54) is 0 Å². The first-order valence-electron chi connectivity index (χ1n) is 8.70. The van der Waals surface area contributed by atoms with Gasteiger partial charge in [-0.1, -0.05) is 62.7 Å². The number of hydrogen-bond acceptors (Lipinski definition) is 3. The van der Waals surface area contributed by atoms with Crippen LogP contribution in [0.15, 0.2) is 48.5 Å². The minimum atomic E-state index is -0.642. The number of carbonyl (C=O) groups is 1. The van der Waals surface area contributed by atoms with E-state index in [2.05, 4.69) is 32.2 Å². The molecule has 5 heteroatoms. The molecule has 0 aromatic heterocycles. The van der Waals surface area contributed by atoms with Crippen LogP contribution in [0.3, 0.4) is 0 Å². The van der Waals surface area contributed by atoms with Crippen LogP contribution < -0.4 is 14.8 Å². The number of amides is 1. The molecule has 0 aliphatic heterocycles. The molecule has 1 N–H and O–H groups in total. The highest BCUT2D eigenvalue weighted by Gasteiger charge is 2.19. The fourth-order valence-electron chi connectivity index (χ4n) is 2.48. The molecule has 0 spiro atoms. The lowest BCUT2D eigenvalue weighted by Gasteiger charge is -2.22. The van der Waals surface area contributed by atoms with Gasteiger partial charge in [0.15, 0.2) is 6.10 Å². The Morgan fingerprint density at radius 3 is 2.35 bits per heavy atom. The summed E-state index contributed by atoms with van der Waals surface area (Å²) < 4.78 is 11.5. The zero-order chi connectivity index (χ0) is 19.2. The second kappa shape index (κ2) is 8.95. The molecule has 0 saturated carbocycles. The van der Waals surface area contributed by atoms with Gasteiger partial charge in [0.05, 0.1) is 11.6 Å². The largest absolute Gasteiger partial charge is 0.491 e. The molecule has 4 nitrogen and oxygen atoms in total. The van der Waals surface area contributed by atoms with Crippen LogP contribution in [-0.4, -0.2) is 25.2 Å². The number of benzene rings is 2. The van der Waals surface area contributed by atoms with E-state index >= 15 is 0 Å². The molecule has 140 valence electrons. The summed E-state index contributed by atoms with van der Waals surface area (Å²) in [6.07, 6.45) is -0.642. The topological polar surface area (TPSA) is 47.6 Å². The molecule has 0 heterocycles. The van der Waals surface area contributed by atoms with E-state index in [4.69, 9.17) is 21.1 Å². The Morgan fingerprint density at radius 1 is 1.08 bits per heavy atom. The molecule has 1 atom stereocenters. The number of hydrogen-bond donors (Lipinski definition) is 1. The van der Waals surface area contributed by atoms with E-state index in [-0.39, 0.29) is 11.3 Å². The van der Waals surface area contributed by atoms with Gasteiger partial charge in [0, 0.05) is 0 Å². The Labute approximate surface area is 160 Å². The Balaban J connectivity index is 1.81. The molecule has 0 radical (unpaired) electrons. The zero-order valence-corrected chi connectivity index (χ0v) is 16.5. The van der Waals surface area contributed by atoms with Crippen LogP contribution in [-0.2, 0) is 10.2 Å². The summed E-state index contributed by atoms with van der Waals surface area (Å²) in [4.78, 5) is 12.2. The molecule has 0 aliphatic carbocycles. The molecule has 0 saturated heterocycles. The first kappa shape index (κ1) is 20.1. The summed E-state index contributed by atoms with van der Waals surface area (Å²) in [5.41, 5.74) is 1.14. The summed E-state index contributed by atoms with van der Waals surface area (Å²) in [5.74, 6) is 1.12. The third-order valence-electron chi connectivity index (χ3n) is 3.86. The third kappa shape index (κ3) is 5.67. The van der Waals surface area contributed by atoms with Crippen LogP contribution in [0.4, 0.5) is 0 Å². The van der Waals surface area contributed by atoms with Crippen LogP contribution in [0, 0.1) is 0 Å². The maximum absolute atomic E-state index is 12.2. The highest BCUT2D eigenvalue weighted by molar-refractivity contribution is 6.32. The first-order valence-corrected chi connectivity index (χ1v) is 9.08. The summed E-state index contributed by atoms with van der Waals surface area (Å²) in [5, 5.41) is 3.30. The lowest BCUT2D eigenvalue weighted by atomic mass is 9.86. The summed E-state index contributed by atoms with van der Waals surface area (Å²) in [7, 11) is 0. The second-order valence-corrected chi connectivity index (χ2v) is 7.48. The molecule has 2 aromatic rings. The highest BCUT2D eigenvalue weighted by atomic mass is 35.5. The zero-order valence-electron chi connectivity index (χ0n) is 15.7. The van der Waals surface area contributed by atoms with Crippen molar-refractivity contribution < 1.29 is 14.3 Å². The molecule has 0 fully saturated rings. The van der Waals surface area contributed by atoms with E-state index in [1.807, 2.05) is 30.3 Å². The van der Waals surface area contributed by atoms with Crippen molar-refractivity contribution in [2.75, 3.05) is 13.2 Å². The lowest BCUT2D eigenvalue weighted by molar-refractivity contribution is -0.127. The average molecular weight is 376 g/mol. The van der Waals surface area contributed by atoms with Crippen LogP contribution in [0.5, 0.6) is 11.5 Å². The Bertz CT molecular complexity index is 740. The standard InChI is InChI=1S/C21H26ClNO3/c1-15(26-19-12-8-6-10-17(19)22)20(24)23-13-14-25-18-11-7-5-9-16(18)21(2,3)4/h5-12,15H,13-14H2,1-4H3,(H,23,24). The van der Waals surface area contributed by atoms with Gasteiger partial charge in [0.1, 0.15) is 18.1 Å². The van der Waals surface area contributed by atoms with Gasteiger partial charge in [-0.15, -0.1) is 0 Å². The minimum Gasteiger partial charge on any atom is -0.491 e. The molecule has 0 aliphatic rings. The summed E-state index contributed by atoms with van der Waals surface area (Å²) in [6.45, 7) is 8.90. The van der Waals surface area contributed by atoms with Crippen molar-refractivity contribution in [2.24, 2.45) is 0 Å². The molecular weight excluding hydrogens is 350 g/mol. The quantitative estimate of drug-likeness (QED) is 0.719. The van der Waals surface area contributed by atoms with Gasteiger partial charge in [-0.05, 0) is 36.1 Å². The number of carbonyl (C=O) groups excluding carboxylic acids is 1. The fraction of sp³-hybridized carbons (Fsp3) is 0.381. The Morgan fingerprint density at radius 2 is 1.69 bits per heavy atom. The predicted molar refractivity (Wildman–Crippen MR) is 105 cm³/mol. The van der Waals surface area contributed by atoms with Gasteiger partial charge < -0.3 is 14.8 Å². The van der Waals surface area contributed by atoms with E-state index in [9.17, 15) is 4.79 Å². The SMILES string of the molecule is CC(Oc1ccccc1Cl)C(=O)NCCOc1ccccc1C(C)(C)C. The predicted octanol–water partition coefficient (Wildman–Crippen LogP) is 4.60. The molecule has 1 amide bonds. The van der Waals surface area contributed by atoms with Crippen LogP contribution in [0.1, 0.15) is 33.3 Å². The van der Waals surface area contributed by atoms with Gasteiger partial charge in [-0.3, -0.25) is 4.79 Å². The number of ether oxygens (including phenoxy) is 2. The van der Waals surface area contributed by atoms with Gasteiger partial charge in [-0.25, -0.2) is 0 Å². The van der Waals surface area contributed by atoms with Crippen molar-refractivity contribution in [3.8, 4) is 11.5 Å². The lowest BCUT2D eigenvalue weighted by Crippen LogP contribution is -2.38. The molecular formula is C21H26ClNO3. The van der Waals surface area contributed by atoms with E-state index in [1.54, 1.807) is 19.1 Å². The number of halogens is 1. The maximum atomic E-state index is 12.2. The van der Waals surface area contributed by atoms with Crippen LogP contribution in [0.25, 0.3) is 0 Å². The highest BCUT2D eigenvalue weighted by Crippen LogP contribution is 2.30. The first-order chi connectivity index (χ1) is 12.3. The van der Waals surface area contributed by atoms with Crippen molar-refractivity contribution in [3.63, 3.8) is 0 Å². The maximum Gasteiger partial charge on any atom is 0.260 e. The van der Waals surface area contributed by atoms with Crippen molar-refractivity contribution >= 4 is 17.5 Å². The van der Waals surface area contributed by atoms with Gasteiger partial charge in [0.2, 0.25) is 0 Å². The molecule has 1 unspecified atom stereocenters.